The Kier molecular flexibility index (Phi) is 6.43. The summed E-state index contributed by atoms with van der Waals surface area (Å²) in [5.74, 6) is 0.0422. The van der Waals surface area contributed by atoms with Crippen LogP contribution in [0.15, 0.2) is 54.7 Å². The summed E-state index contributed by atoms with van der Waals surface area (Å²) in [6.07, 6.45) is 1.98. The molecule has 1 heterocycles. The van der Waals surface area contributed by atoms with Crippen LogP contribution in [-0.4, -0.2) is 14.9 Å². The van der Waals surface area contributed by atoms with Gasteiger partial charge in [-0.05, 0) is 48.6 Å². The van der Waals surface area contributed by atoms with Gasteiger partial charge in [0.2, 0.25) is 5.95 Å². The minimum absolute atomic E-state index is 0.0711. The summed E-state index contributed by atoms with van der Waals surface area (Å²) in [7, 11) is 0. The molecule has 0 radical (unpaired) electrons. The Labute approximate surface area is 188 Å². The third-order valence-corrected chi connectivity index (χ3v) is 5.68. The van der Waals surface area contributed by atoms with Gasteiger partial charge in [-0.1, -0.05) is 31.4 Å². The van der Waals surface area contributed by atoms with Gasteiger partial charge in [0.05, 0.1) is 4.92 Å². The van der Waals surface area contributed by atoms with Crippen LogP contribution >= 0.6 is 0 Å². The van der Waals surface area contributed by atoms with Crippen LogP contribution in [0.2, 0.25) is 0 Å². The number of hydrogen-bond donors (Lipinski definition) is 2. The second-order valence-electron chi connectivity index (χ2n) is 7.96. The molecule has 1 aliphatic carbocycles. The number of halogens is 3. The zero-order valence-electron chi connectivity index (χ0n) is 17.6. The van der Waals surface area contributed by atoms with E-state index in [0.717, 1.165) is 12.8 Å². The highest BCUT2D eigenvalue weighted by Gasteiger charge is 2.35. The molecule has 1 fully saturated rings. The summed E-state index contributed by atoms with van der Waals surface area (Å²) < 4.78 is 40.6. The SMILES string of the molecule is O=[N+]([O-])c1ccc(Nc2ncc(C(F)(F)F)c(Nc3ccc(C4CCCCC4)cc3)n2)cc1. The third-order valence-electron chi connectivity index (χ3n) is 5.68. The van der Waals surface area contributed by atoms with Gasteiger partial charge in [0, 0.05) is 29.7 Å². The maximum Gasteiger partial charge on any atom is 0.421 e. The van der Waals surface area contributed by atoms with E-state index in [1.807, 2.05) is 12.1 Å². The molecule has 0 saturated heterocycles. The molecule has 4 rings (SSSR count). The zero-order valence-corrected chi connectivity index (χ0v) is 17.6. The number of anilines is 4. The van der Waals surface area contributed by atoms with Gasteiger partial charge in [-0.2, -0.15) is 18.2 Å². The van der Waals surface area contributed by atoms with Gasteiger partial charge in [0.15, 0.2) is 0 Å². The molecular formula is C23H22F3N5O2. The van der Waals surface area contributed by atoms with E-state index < -0.39 is 16.7 Å². The van der Waals surface area contributed by atoms with Crippen molar-refractivity contribution in [3.8, 4) is 0 Å². The number of benzene rings is 2. The molecule has 0 atom stereocenters. The number of alkyl halides is 3. The van der Waals surface area contributed by atoms with Gasteiger partial charge in [-0.25, -0.2) is 4.98 Å². The van der Waals surface area contributed by atoms with Gasteiger partial charge >= 0.3 is 6.18 Å². The standard InChI is InChI=1S/C23H22F3N5O2/c24-23(25,26)20-14-27-22(29-18-10-12-19(13-11-18)31(32)33)30-21(20)28-17-8-6-16(7-9-17)15-4-2-1-3-5-15/h6-15H,1-5H2,(H2,27,28,29,30). The van der Waals surface area contributed by atoms with Crippen molar-refractivity contribution in [1.82, 2.24) is 9.97 Å². The number of aromatic nitrogens is 2. The molecule has 1 aliphatic rings. The molecule has 1 saturated carbocycles. The molecule has 33 heavy (non-hydrogen) atoms. The second-order valence-corrected chi connectivity index (χ2v) is 7.96. The lowest BCUT2D eigenvalue weighted by Gasteiger charge is -2.22. The van der Waals surface area contributed by atoms with E-state index in [9.17, 15) is 23.3 Å². The minimum Gasteiger partial charge on any atom is -0.340 e. The molecule has 0 aliphatic heterocycles. The van der Waals surface area contributed by atoms with Crippen molar-refractivity contribution in [2.75, 3.05) is 10.6 Å². The molecule has 2 aromatic carbocycles. The van der Waals surface area contributed by atoms with E-state index in [1.165, 1.54) is 49.1 Å². The normalized spacial score (nSPS) is 14.6. The smallest absolute Gasteiger partial charge is 0.340 e. The molecule has 1 aromatic heterocycles. The lowest BCUT2D eigenvalue weighted by molar-refractivity contribution is -0.384. The van der Waals surface area contributed by atoms with Crippen molar-refractivity contribution in [3.05, 3.63) is 76.0 Å². The fourth-order valence-electron chi connectivity index (χ4n) is 3.95. The summed E-state index contributed by atoms with van der Waals surface area (Å²) in [6, 6.07) is 12.8. The van der Waals surface area contributed by atoms with Crippen LogP contribution in [0.1, 0.15) is 49.1 Å². The van der Waals surface area contributed by atoms with Gasteiger partial charge in [0.25, 0.3) is 5.69 Å². The highest BCUT2D eigenvalue weighted by molar-refractivity contribution is 5.63. The first-order valence-corrected chi connectivity index (χ1v) is 10.6. The van der Waals surface area contributed by atoms with Crippen molar-refractivity contribution in [3.63, 3.8) is 0 Å². The molecule has 172 valence electrons. The van der Waals surface area contributed by atoms with Crippen LogP contribution in [0.25, 0.3) is 0 Å². The van der Waals surface area contributed by atoms with E-state index in [-0.39, 0.29) is 17.5 Å². The van der Waals surface area contributed by atoms with Crippen LogP contribution < -0.4 is 10.6 Å². The zero-order chi connectivity index (χ0) is 23.4. The fourth-order valence-corrected chi connectivity index (χ4v) is 3.95. The van der Waals surface area contributed by atoms with Gasteiger partial charge in [0.1, 0.15) is 11.4 Å². The molecule has 0 bridgehead atoms. The predicted octanol–water partition coefficient (Wildman–Crippen LogP) is 6.94. The van der Waals surface area contributed by atoms with Crippen molar-refractivity contribution < 1.29 is 18.1 Å². The third kappa shape index (κ3) is 5.57. The first-order valence-electron chi connectivity index (χ1n) is 10.6. The average Bonchev–Trinajstić information content (AvgIpc) is 2.80. The minimum atomic E-state index is -4.64. The van der Waals surface area contributed by atoms with Crippen molar-refractivity contribution >= 4 is 28.8 Å². The van der Waals surface area contributed by atoms with Crippen LogP contribution in [0.5, 0.6) is 0 Å². The van der Waals surface area contributed by atoms with Gasteiger partial charge < -0.3 is 10.6 Å². The molecule has 3 aromatic rings. The summed E-state index contributed by atoms with van der Waals surface area (Å²) in [6.45, 7) is 0. The van der Waals surface area contributed by atoms with E-state index in [1.54, 1.807) is 12.1 Å². The summed E-state index contributed by atoms with van der Waals surface area (Å²) in [4.78, 5) is 18.0. The number of non-ortho nitro benzene ring substituents is 1. The molecule has 10 heteroatoms. The Morgan fingerprint density at radius 2 is 1.52 bits per heavy atom. The van der Waals surface area contributed by atoms with Crippen molar-refractivity contribution in [1.29, 1.82) is 0 Å². The first kappa shape index (κ1) is 22.5. The summed E-state index contributed by atoms with van der Waals surface area (Å²) in [5, 5.41) is 16.3. The number of nitro groups is 1. The van der Waals surface area contributed by atoms with Crippen LogP contribution in [0, 0.1) is 10.1 Å². The van der Waals surface area contributed by atoms with E-state index in [2.05, 4.69) is 20.6 Å². The van der Waals surface area contributed by atoms with E-state index >= 15 is 0 Å². The molecule has 0 unspecified atom stereocenters. The number of hydrogen-bond acceptors (Lipinski definition) is 6. The Balaban J connectivity index is 1.55. The number of rotatable bonds is 6. The number of nitro benzene ring substituents is 1. The second kappa shape index (κ2) is 9.43. The molecule has 2 N–H and O–H groups in total. The van der Waals surface area contributed by atoms with Gasteiger partial charge in [-0.3, -0.25) is 10.1 Å². The molecule has 0 amide bonds. The Hall–Kier alpha value is -3.69. The van der Waals surface area contributed by atoms with Crippen LogP contribution in [-0.2, 0) is 6.18 Å². The maximum absolute atomic E-state index is 13.5. The van der Waals surface area contributed by atoms with E-state index in [4.69, 9.17) is 0 Å². The highest BCUT2D eigenvalue weighted by atomic mass is 19.4. The molecule has 7 nitrogen and oxygen atoms in total. The lowest BCUT2D eigenvalue weighted by Crippen LogP contribution is -2.12. The molecular weight excluding hydrogens is 435 g/mol. The van der Waals surface area contributed by atoms with Crippen molar-refractivity contribution in [2.45, 2.75) is 44.2 Å². The average molecular weight is 457 g/mol. The Bertz CT molecular complexity index is 1110. The molecule has 0 spiro atoms. The fraction of sp³-hybridized carbons (Fsp3) is 0.304. The Morgan fingerprint density at radius 3 is 2.12 bits per heavy atom. The maximum atomic E-state index is 13.5. The summed E-state index contributed by atoms with van der Waals surface area (Å²) >= 11 is 0. The topological polar surface area (TPSA) is 93.0 Å². The first-order chi connectivity index (χ1) is 15.8. The summed E-state index contributed by atoms with van der Waals surface area (Å²) in [5.41, 5.74) is 0.990. The predicted molar refractivity (Wildman–Crippen MR) is 119 cm³/mol. The highest BCUT2D eigenvalue weighted by Crippen LogP contribution is 2.36. The lowest BCUT2D eigenvalue weighted by atomic mass is 9.84. The number of nitrogens with one attached hydrogen (secondary N) is 2. The largest absolute Gasteiger partial charge is 0.421 e. The van der Waals surface area contributed by atoms with E-state index in [0.29, 0.717) is 23.5 Å². The van der Waals surface area contributed by atoms with Gasteiger partial charge in [-0.15, -0.1) is 0 Å². The van der Waals surface area contributed by atoms with Crippen LogP contribution in [0.3, 0.4) is 0 Å². The van der Waals surface area contributed by atoms with Crippen LogP contribution in [0.4, 0.5) is 42.0 Å². The van der Waals surface area contributed by atoms with Crippen molar-refractivity contribution in [2.24, 2.45) is 0 Å². The Morgan fingerprint density at radius 1 is 0.909 bits per heavy atom. The number of nitrogens with zero attached hydrogens (tertiary/aromatic N) is 3. The monoisotopic (exact) mass is 457 g/mol. The quantitative estimate of drug-likeness (QED) is 0.308.